The third-order valence-corrected chi connectivity index (χ3v) is 8.16. The number of rotatable bonds is 3. The van der Waals surface area contributed by atoms with Crippen molar-refractivity contribution in [1.82, 2.24) is 16.0 Å². The van der Waals surface area contributed by atoms with Gasteiger partial charge < -0.3 is 20.7 Å². The molecule has 2 unspecified atom stereocenters. The molecule has 0 spiro atoms. The summed E-state index contributed by atoms with van der Waals surface area (Å²) in [5.74, 6) is -1.87. The Morgan fingerprint density at radius 1 is 0.971 bits per heavy atom. The van der Waals surface area contributed by atoms with Gasteiger partial charge in [0.15, 0.2) is 0 Å². The first-order valence-corrected chi connectivity index (χ1v) is 14.6. The van der Waals surface area contributed by atoms with Gasteiger partial charge in [-0.05, 0) is 30.8 Å². The number of esters is 1. The van der Waals surface area contributed by atoms with Crippen molar-refractivity contribution in [2.45, 2.75) is 71.6 Å². The second kappa shape index (κ2) is 14.5. The summed E-state index contributed by atoms with van der Waals surface area (Å²) >= 11 is 0. The molecular weight excluding hydrogens is 490 g/mol. The number of nitrogens with one attached hydrogen (secondary N) is 3. The Morgan fingerprint density at radius 2 is 1.71 bits per heavy atom. The predicted octanol–water partition coefficient (Wildman–Crippen LogP) is 2.01. The largest absolute Gasteiger partial charge is 0.456 e. The Hall–Kier alpha value is -2.01. The molecule has 196 valence electrons. The molecule has 3 amide bonds. The van der Waals surface area contributed by atoms with Crippen molar-refractivity contribution in [3.8, 4) is 0 Å². The second-order valence-corrected chi connectivity index (χ2v) is 12.2. The zero-order valence-electron chi connectivity index (χ0n) is 20.8. The number of Topliss-reactive ketones (excluding diaryl/α,β-unsaturated/α-hetero) is 1. The molecule has 4 atom stereocenters. The van der Waals surface area contributed by atoms with Gasteiger partial charge in [0, 0.05) is 30.3 Å². The zero-order chi connectivity index (χ0) is 26.0. The molecule has 2 aliphatic heterocycles. The highest BCUT2D eigenvalue weighted by Crippen LogP contribution is 2.25. The van der Waals surface area contributed by atoms with Crippen LogP contribution in [0.5, 0.6) is 0 Å². The molecule has 0 aromatic heterocycles. The molecule has 0 aromatic carbocycles. The quantitative estimate of drug-likeness (QED) is 0.289. The van der Waals surface area contributed by atoms with Crippen molar-refractivity contribution in [2.24, 2.45) is 17.8 Å². The number of amides is 3. The Kier molecular flexibility index (Phi) is 12.1. The zero-order valence-corrected chi connectivity index (χ0v) is 22.5. The van der Waals surface area contributed by atoms with Gasteiger partial charge in [-0.3, -0.25) is 24.0 Å². The normalized spacial score (nSPS) is 29.1. The minimum absolute atomic E-state index is 0.0195. The third kappa shape index (κ3) is 10.2. The molecule has 0 saturated carbocycles. The highest BCUT2D eigenvalue weighted by molar-refractivity contribution is 8.76. The molecule has 0 aromatic rings. The molecule has 2 bridgehead atoms. The maximum absolute atomic E-state index is 13.2. The SMILES string of the molecule is CC(C)C[C@H]1NC(=O)C2CSSCC/C=C/C(CC(=O)C[C@H](C(C)C)C(=O)N2)OC(=O)CNC1=O. The van der Waals surface area contributed by atoms with Crippen LogP contribution in [-0.2, 0) is 28.7 Å². The Bertz CT molecular complexity index is 817. The predicted molar refractivity (Wildman–Crippen MR) is 137 cm³/mol. The molecule has 2 rings (SSSR count). The fraction of sp³-hybridized carbons (Fsp3) is 0.708. The number of ketones is 1. The summed E-state index contributed by atoms with van der Waals surface area (Å²) in [5.41, 5.74) is 0. The van der Waals surface area contributed by atoms with E-state index in [0.29, 0.717) is 18.6 Å². The van der Waals surface area contributed by atoms with Crippen molar-refractivity contribution in [3.05, 3.63) is 12.2 Å². The first-order valence-electron chi connectivity index (χ1n) is 12.1. The van der Waals surface area contributed by atoms with Gasteiger partial charge >= 0.3 is 5.97 Å². The summed E-state index contributed by atoms with van der Waals surface area (Å²) in [6.07, 6.45) is 3.75. The summed E-state index contributed by atoms with van der Waals surface area (Å²) in [6.45, 7) is 7.18. The van der Waals surface area contributed by atoms with Crippen LogP contribution in [0.2, 0.25) is 0 Å². The Labute approximate surface area is 215 Å². The lowest BCUT2D eigenvalue weighted by molar-refractivity contribution is -0.148. The van der Waals surface area contributed by atoms with E-state index in [0.717, 1.165) is 5.75 Å². The van der Waals surface area contributed by atoms with Crippen LogP contribution < -0.4 is 16.0 Å². The van der Waals surface area contributed by atoms with Gasteiger partial charge in [0.05, 0.1) is 0 Å². The van der Waals surface area contributed by atoms with E-state index in [1.54, 1.807) is 16.9 Å². The van der Waals surface area contributed by atoms with Crippen LogP contribution in [0.1, 0.15) is 53.4 Å². The smallest absolute Gasteiger partial charge is 0.326 e. The van der Waals surface area contributed by atoms with Crippen molar-refractivity contribution in [3.63, 3.8) is 0 Å². The molecule has 0 radical (unpaired) electrons. The van der Waals surface area contributed by atoms with Crippen molar-refractivity contribution < 1.29 is 28.7 Å². The number of carbonyl (C=O) groups excluding carboxylic acids is 5. The van der Waals surface area contributed by atoms with Crippen LogP contribution in [-0.4, -0.2) is 65.7 Å². The first-order chi connectivity index (χ1) is 16.6. The fourth-order valence-corrected chi connectivity index (χ4v) is 5.96. The molecule has 2 heterocycles. The number of hydrogen-bond donors (Lipinski definition) is 3. The number of hydrogen-bond acceptors (Lipinski definition) is 8. The molecule has 35 heavy (non-hydrogen) atoms. The van der Waals surface area contributed by atoms with Gasteiger partial charge in [-0.2, -0.15) is 0 Å². The van der Waals surface area contributed by atoms with Crippen LogP contribution in [0.15, 0.2) is 12.2 Å². The van der Waals surface area contributed by atoms with Crippen LogP contribution in [0, 0.1) is 17.8 Å². The molecule has 1 fully saturated rings. The summed E-state index contributed by atoms with van der Waals surface area (Å²) in [4.78, 5) is 64.6. The van der Waals surface area contributed by atoms with Crippen molar-refractivity contribution in [1.29, 1.82) is 0 Å². The van der Waals surface area contributed by atoms with Crippen molar-refractivity contribution >= 4 is 51.1 Å². The third-order valence-electron chi connectivity index (χ3n) is 5.72. The average molecular weight is 528 g/mol. The summed E-state index contributed by atoms with van der Waals surface area (Å²) < 4.78 is 5.48. The minimum atomic E-state index is -0.870. The molecule has 3 N–H and O–H groups in total. The fourth-order valence-electron chi connectivity index (χ4n) is 3.80. The number of ether oxygens (including phenoxy) is 1. The van der Waals surface area contributed by atoms with Gasteiger partial charge in [-0.1, -0.05) is 55.4 Å². The maximum Gasteiger partial charge on any atom is 0.326 e. The van der Waals surface area contributed by atoms with E-state index in [1.807, 2.05) is 33.8 Å². The topological polar surface area (TPSA) is 131 Å². The summed E-state index contributed by atoms with van der Waals surface area (Å²) in [7, 11) is 3.02. The molecule has 9 nitrogen and oxygen atoms in total. The van der Waals surface area contributed by atoms with E-state index in [9.17, 15) is 24.0 Å². The van der Waals surface area contributed by atoms with Crippen LogP contribution in [0.4, 0.5) is 0 Å². The standard InChI is InChI=1S/C24H37N3O6S2/c1-14(2)9-19-23(31)25-12-21(29)33-17-7-5-6-8-34-35-13-20(24(32)26-19)27-22(30)18(15(3)4)11-16(28)10-17/h5,7,14-15,17-20H,6,8-13H2,1-4H3,(H,25,31)(H,26,32)(H,27,30)/b7-5+/t17?,18-,19-,20?/m1/s1. The molecule has 2 aliphatic rings. The van der Waals surface area contributed by atoms with E-state index in [4.69, 9.17) is 4.74 Å². The molecular formula is C24H37N3O6S2. The van der Waals surface area contributed by atoms with E-state index >= 15 is 0 Å². The summed E-state index contributed by atoms with van der Waals surface area (Å²) in [5, 5.41) is 8.12. The number of fused-ring (bicyclic) bond motifs is 7. The van der Waals surface area contributed by atoms with Gasteiger partial charge in [-0.25, -0.2) is 0 Å². The lowest BCUT2D eigenvalue weighted by atomic mass is 9.88. The van der Waals surface area contributed by atoms with Crippen LogP contribution in [0.3, 0.4) is 0 Å². The van der Waals surface area contributed by atoms with E-state index < -0.39 is 41.9 Å². The monoisotopic (exact) mass is 527 g/mol. The van der Waals surface area contributed by atoms with Gasteiger partial charge in [0.2, 0.25) is 17.7 Å². The van der Waals surface area contributed by atoms with Crippen molar-refractivity contribution in [2.75, 3.05) is 18.1 Å². The van der Waals surface area contributed by atoms with Crippen LogP contribution in [0.25, 0.3) is 0 Å². The molecule has 11 heteroatoms. The van der Waals surface area contributed by atoms with E-state index in [1.165, 1.54) is 10.8 Å². The highest BCUT2D eigenvalue weighted by atomic mass is 33.1. The molecule has 1 saturated heterocycles. The number of allylic oxidation sites excluding steroid dienone is 1. The van der Waals surface area contributed by atoms with E-state index in [-0.39, 0.29) is 42.9 Å². The number of carbonyl (C=O) groups is 5. The van der Waals surface area contributed by atoms with Gasteiger partial charge in [-0.15, -0.1) is 0 Å². The minimum Gasteiger partial charge on any atom is -0.456 e. The molecule has 0 aliphatic carbocycles. The van der Waals surface area contributed by atoms with E-state index in [2.05, 4.69) is 16.0 Å². The first kappa shape index (κ1) is 29.2. The van der Waals surface area contributed by atoms with Crippen LogP contribution >= 0.6 is 21.6 Å². The second-order valence-electron chi connectivity index (χ2n) is 9.62. The lowest BCUT2D eigenvalue weighted by Crippen LogP contribution is -2.56. The Morgan fingerprint density at radius 3 is 2.40 bits per heavy atom. The maximum atomic E-state index is 13.2. The van der Waals surface area contributed by atoms with Gasteiger partial charge in [0.1, 0.15) is 30.5 Å². The lowest BCUT2D eigenvalue weighted by Gasteiger charge is -2.27. The average Bonchev–Trinajstić information content (AvgIpc) is 2.77. The highest BCUT2D eigenvalue weighted by Gasteiger charge is 2.32. The van der Waals surface area contributed by atoms with Gasteiger partial charge in [0.25, 0.3) is 0 Å². The summed E-state index contributed by atoms with van der Waals surface area (Å²) in [6, 6.07) is -1.74. The Balaban J connectivity index is 2.45.